The normalized spacial score (nSPS) is 11.2. The number of hydrogen-bond donors (Lipinski definition) is 0. The van der Waals surface area contributed by atoms with Gasteiger partial charge >= 0.3 is 11.9 Å². The molecule has 10 nitrogen and oxygen atoms in total. The first-order chi connectivity index (χ1) is 15.0. The average molecular weight is 424 g/mol. The van der Waals surface area contributed by atoms with Gasteiger partial charge in [-0.1, -0.05) is 18.2 Å². The molecular weight excluding hydrogens is 404 g/mol. The fraction of sp³-hybridized carbons (Fsp3) is 0.286. The van der Waals surface area contributed by atoms with Crippen molar-refractivity contribution in [1.29, 1.82) is 0 Å². The van der Waals surface area contributed by atoms with Crippen LogP contribution in [-0.4, -0.2) is 37.9 Å². The lowest BCUT2D eigenvalue weighted by atomic mass is 10.1. The van der Waals surface area contributed by atoms with Crippen LogP contribution in [0.3, 0.4) is 0 Å². The van der Waals surface area contributed by atoms with Crippen LogP contribution in [0, 0.1) is 0 Å². The highest BCUT2D eigenvalue weighted by Crippen LogP contribution is 2.27. The van der Waals surface area contributed by atoms with Gasteiger partial charge in [0.1, 0.15) is 17.6 Å². The molecule has 31 heavy (non-hydrogen) atoms. The Labute approximate surface area is 176 Å². The van der Waals surface area contributed by atoms with Gasteiger partial charge in [-0.25, -0.2) is 9.78 Å². The van der Waals surface area contributed by atoms with Gasteiger partial charge in [0.2, 0.25) is 5.76 Å². The molecule has 0 aliphatic rings. The van der Waals surface area contributed by atoms with Crippen molar-refractivity contribution in [3.63, 3.8) is 0 Å². The summed E-state index contributed by atoms with van der Waals surface area (Å²) in [7, 11) is 1.70. The molecule has 0 saturated heterocycles. The smallest absolute Gasteiger partial charge is 0.374 e. The van der Waals surface area contributed by atoms with E-state index in [2.05, 4.69) is 10.1 Å². The van der Waals surface area contributed by atoms with E-state index in [1.54, 1.807) is 38.2 Å². The zero-order chi connectivity index (χ0) is 22.0. The number of nitrogens with zero attached hydrogens (tertiary/aromatic N) is 4. The number of carbonyl (C=O) groups is 2. The predicted octanol–water partition coefficient (Wildman–Crippen LogP) is 2.19. The topological polar surface area (TPSA) is 118 Å². The minimum absolute atomic E-state index is 0.0123. The number of ether oxygens (including phenoxy) is 2. The number of furan rings is 1. The number of benzene rings is 1. The highest BCUT2D eigenvalue weighted by Gasteiger charge is 2.22. The molecule has 0 spiro atoms. The summed E-state index contributed by atoms with van der Waals surface area (Å²) in [5.41, 5.74) is 1.13. The summed E-state index contributed by atoms with van der Waals surface area (Å²) in [6, 6.07) is 7.07. The summed E-state index contributed by atoms with van der Waals surface area (Å²) in [5.74, 6) is -1.14. The van der Waals surface area contributed by atoms with Gasteiger partial charge in [0, 0.05) is 19.0 Å². The first kappa shape index (κ1) is 20.3. The van der Waals surface area contributed by atoms with Gasteiger partial charge in [-0.15, -0.1) is 0 Å². The van der Waals surface area contributed by atoms with Crippen LogP contribution < -0.4 is 5.56 Å². The van der Waals surface area contributed by atoms with Gasteiger partial charge in [0.15, 0.2) is 5.65 Å². The van der Waals surface area contributed by atoms with Crippen molar-refractivity contribution in [1.82, 2.24) is 19.3 Å². The van der Waals surface area contributed by atoms with Crippen LogP contribution in [0.15, 0.2) is 46.0 Å². The first-order valence-electron chi connectivity index (χ1n) is 9.70. The Kier molecular flexibility index (Phi) is 5.52. The van der Waals surface area contributed by atoms with Gasteiger partial charge in [0.05, 0.1) is 31.1 Å². The molecule has 0 unspecified atom stereocenters. The highest BCUT2D eigenvalue weighted by molar-refractivity contribution is 5.96. The molecule has 0 N–H and O–H groups in total. The number of rotatable bonds is 7. The quantitative estimate of drug-likeness (QED) is 0.414. The van der Waals surface area contributed by atoms with Crippen molar-refractivity contribution < 1.29 is 23.5 Å². The molecule has 4 rings (SSSR count). The Morgan fingerprint density at radius 3 is 2.77 bits per heavy atom. The van der Waals surface area contributed by atoms with Crippen molar-refractivity contribution in [2.75, 3.05) is 6.61 Å². The van der Waals surface area contributed by atoms with E-state index in [-0.39, 0.29) is 37.5 Å². The summed E-state index contributed by atoms with van der Waals surface area (Å²) < 4.78 is 18.8. The third-order valence-corrected chi connectivity index (χ3v) is 4.81. The monoisotopic (exact) mass is 424 g/mol. The van der Waals surface area contributed by atoms with Gasteiger partial charge in [0.25, 0.3) is 5.56 Å². The molecule has 1 aromatic carbocycles. The number of carbonyl (C=O) groups excluding carboxylic acids is 2. The maximum atomic E-state index is 12.5. The van der Waals surface area contributed by atoms with Crippen LogP contribution in [0.5, 0.6) is 0 Å². The number of fused-ring (bicyclic) bond motifs is 2. The summed E-state index contributed by atoms with van der Waals surface area (Å²) in [5, 5.41) is 5.06. The van der Waals surface area contributed by atoms with E-state index in [4.69, 9.17) is 13.9 Å². The minimum Gasteiger partial charge on any atom is -0.461 e. The largest absolute Gasteiger partial charge is 0.461 e. The molecule has 0 amide bonds. The maximum absolute atomic E-state index is 12.5. The van der Waals surface area contributed by atoms with Crippen molar-refractivity contribution in [3.8, 4) is 0 Å². The summed E-state index contributed by atoms with van der Waals surface area (Å²) in [4.78, 5) is 41.2. The van der Waals surface area contributed by atoms with Gasteiger partial charge in [-0.2, -0.15) is 5.10 Å². The molecule has 3 aromatic heterocycles. The number of hydrogen-bond acceptors (Lipinski definition) is 8. The van der Waals surface area contributed by atoms with Crippen molar-refractivity contribution in [3.05, 3.63) is 58.5 Å². The molecule has 0 aliphatic heterocycles. The van der Waals surface area contributed by atoms with Crippen LogP contribution >= 0.6 is 0 Å². The van der Waals surface area contributed by atoms with Crippen LogP contribution in [0.25, 0.3) is 22.0 Å². The summed E-state index contributed by atoms with van der Waals surface area (Å²) in [6.45, 7) is 1.84. The molecule has 0 saturated carbocycles. The Bertz CT molecular complexity index is 1330. The molecule has 0 bridgehead atoms. The second kappa shape index (κ2) is 8.42. The van der Waals surface area contributed by atoms with Gasteiger partial charge < -0.3 is 13.9 Å². The number of esters is 2. The molecule has 10 heteroatoms. The second-order valence-electron chi connectivity index (χ2n) is 6.79. The number of aromatic nitrogens is 4. The lowest BCUT2D eigenvalue weighted by molar-refractivity contribution is -0.145. The van der Waals surface area contributed by atoms with E-state index >= 15 is 0 Å². The molecule has 0 atom stereocenters. The van der Waals surface area contributed by atoms with Crippen molar-refractivity contribution >= 4 is 33.9 Å². The third kappa shape index (κ3) is 3.91. The predicted molar refractivity (Wildman–Crippen MR) is 109 cm³/mol. The molecule has 0 radical (unpaired) electrons. The van der Waals surface area contributed by atoms with E-state index < -0.39 is 11.9 Å². The Morgan fingerprint density at radius 1 is 1.16 bits per heavy atom. The number of para-hydroxylation sites is 1. The lowest BCUT2D eigenvalue weighted by Crippen LogP contribution is -2.22. The van der Waals surface area contributed by atoms with Crippen LogP contribution in [0.2, 0.25) is 0 Å². The molecule has 3 heterocycles. The average Bonchev–Trinajstić information content (AvgIpc) is 3.33. The fourth-order valence-corrected chi connectivity index (χ4v) is 3.27. The third-order valence-electron chi connectivity index (χ3n) is 4.81. The Morgan fingerprint density at radius 2 is 1.97 bits per heavy atom. The molecular formula is C21H20N4O6. The minimum atomic E-state index is -0.618. The Balaban J connectivity index is 1.46. The van der Waals surface area contributed by atoms with Crippen LogP contribution in [0.4, 0.5) is 0 Å². The highest BCUT2D eigenvalue weighted by atomic mass is 16.5. The van der Waals surface area contributed by atoms with Crippen LogP contribution in [-0.2, 0) is 34.5 Å². The van der Waals surface area contributed by atoms with Crippen LogP contribution in [0.1, 0.15) is 29.5 Å². The van der Waals surface area contributed by atoms with E-state index in [0.29, 0.717) is 27.6 Å². The second-order valence-corrected chi connectivity index (χ2v) is 6.79. The van der Waals surface area contributed by atoms with Gasteiger partial charge in [-0.05, 0) is 13.0 Å². The maximum Gasteiger partial charge on any atom is 0.374 e. The van der Waals surface area contributed by atoms with E-state index in [0.717, 1.165) is 0 Å². The van der Waals surface area contributed by atoms with Crippen molar-refractivity contribution in [2.45, 2.75) is 26.5 Å². The fourth-order valence-electron chi connectivity index (χ4n) is 3.27. The molecule has 160 valence electrons. The Hall–Kier alpha value is -3.95. The zero-order valence-electron chi connectivity index (χ0n) is 17.0. The summed E-state index contributed by atoms with van der Waals surface area (Å²) in [6.07, 6.45) is 2.78. The van der Waals surface area contributed by atoms with E-state index in [9.17, 15) is 14.4 Å². The molecule has 0 fully saturated rings. The summed E-state index contributed by atoms with van der Waals surface area (Å²) >= 11 is 0. The molecule has 4 aromatic rings. The molecule has 0 aliphatic carbocycles. The van der Waals surface area contributed by atoms with Crippen molar-refractivity contribution in [2.24, 2.45) is 7.05 Å². The number of aryl methyl sites for hydroxylation is 2. The van der Waals surface area contributed by atoms with E-state index in [1.165, 1.54) is 21.8 Å². The SMILES string of the molecule is CCOC(=O)c1oc2ccccc2c1COC(=O)CCn1cnc2c(cnn2C)c1=O. The first-order valence-corrected chi connectivity index (χ1v) is 9.70. The standard InChI is InChI=1S/C21H20N4O6/c1-3-29-21(28)18-15(13-6-4-5-7-16(13)31-18)11-30-17(26)8-9-25-12-22-19-14(20(25)27)10-23-24(19)2/h4-7,10,12H,3,8-9,11H2,1-2H3. The lowest BCUT2D eigenvalue weighted by Gasteiger charge is -2.07. The van der Waals surface area contributed by atoms with Gasteiger partial charge in [-0.3, -0.25) is 18.8 Å². The zero-order valence-corrected chi connectivity index (χ0v) is 17.0. The van der Waals surface area contributed by atoms with E-state index in [1.807, 2.05) is 0 Å².